The number of hydrogen-bond donors (Lipinski definition) is 1. The standard InChI is InChI=1S/C15H16F2N2S.ClH/c16-13-7-12(8-14(17)9-13)15(11-1-6-20-10-11)19-4-2-18-3-5-19;/h1,6-10,15,18H,2-5H2;1H/t15-;/m1./s1. The summed E-state index contributed by atoms with van der Waals surface area (Å²) in [7, 11) is 0. The van der Waals surface area contributed by atoms with Crippen LogP contribution in [0.5, 0.6) is 0 Å². The molecule has 1 aromatic heterocycles. The predicted molar refractivity (Wildman–Crippen MR) is 84.2 cm³/mol. The molecule has 0 unspecified atom stereocenters. The van der Waals surface area contributed by atoms with Crippen LogP contribution in [0.4, 0.5) is 8.78 Å². The quantitative estimate of drug-likeness (QED) is 0.927. The van der Waals surface area contributed by atoms with E-state index >= 15 is 0 Å². The van der Waals surface area contributed by atoms with Gasteiger partial charge in [-0.2, -0.15) is 11.3 Å². The van der Waals surface area contributed by atoms with Gasteiger partial charge in [-0.25, -0.2) is 8.78 Å². The van der Waals surface area contributed by atoms with Crippen LogP contribution in [0.1, 0.15) is 17.2 Å². The first kappa shape index (κ1) is 16.4. The monoisotopic (exact) mass is 330 g/mol. The SMILES string of the molecule is Cl.Fc1cc(F)cc([C@@H](c2ccsc2)N2CCNCC2)c1. The van der Waals surface area contributed by atoms with E-state index in [1.807, 2.05) is 11.4 Å². The molecule has 1 aromatic carbocycles. The molecular formula is C15H17ClF2N2S. The van der Waals surface area contributed by atoms with E-state index in [-0.39, 0.29) is 18.4 Å². The van der Waals surface area contributed by atoms with Crippen molar-refractivity contribution in [3.05, 3.63) is 57.8 Å². The summed E-state index contributed by atoms with van der Waals surface area (Å²) in [5.41, 5.74) is 1.78. The molecule has 1 saturated heterocycles. The largest absolute Gasteiger partial charge is 0.314 e. The first-order chi connectivity index (χ1) is 9.74. The van der Waals surface area contributed by atoms with E-state index in [1.54, 1.807) is 11.3 Å². The third-order valence-corrected chi connectivity index (χ3v) is 4.28. The minimum atomic E-state index is -0.518. The van der Waals surface area contributed by atoms with Gasteiger partial charge in [-0.1, -0.05) is 0 Å². The number of rotatable bonds is 3. The fourth-order valence-corrected chi connectivity index (χ4v) is 3.40. The maximum atomic E-state index is 13.5. The fraction of sp³-hybridized carbons (Fsp3) is 0.333. The van der Waals surface area contributed by atoms with E-state index in [0.29, 0.717) is 5.56 Å². The lowest BCUT2D eigenvalue weighted by molar-refractivity contribution is 0.198. The minimum Gasteiger partial charge on any atom is -0.314 e. The highest BCUT2D eigenvalue weighted by atomic mass is 35.5. The molecule has 0 spiro atoms. The summed E-state index contributed by atoms with van der Waals surface area (Å²) in [6, 6.07) is 5.75. The Morgan fingerprint density at radius 3 is 2.29 bits per heavy atom. The van der Waals surface area contributed by atoms with Crippen LogP contribution in [0.2, 0.25) is 0 Å². The third kappa shape index (κ3) is 3.80. The molecule has 3 rings (SSSR count). The van der Waals surface area contributed by atoms with E-state index < -0.39 is 11.6 Å². The Bertz CT molecular complexity index is 551. The van der Waals surface area contributed by atoms with Crippen molar-refractivity contribution in [2.75, 3.05) is 26.2 Å². The van der Waals surface area contributed by atoms with Crippen molar-refractivity contribution in [2.45, 2.75) is 6.04 Å². The number of benzene rings is 1. The fourth-order valence-electron chi connectivity index (χ4n) is 2.72. The van der Waals surface area contributed by atoms with Crippen molar-refractivity contribution in [1.29, 1.82) is 0 Å². The molecule has 0 aliphatic carbocycles. The summed E-state index contributed by atoms with van der Waals surface area (Å²) in [4.78, 5) is 2.27. The maximum Gasteiger partial charge on any atom is 0.126 e. The molecule has 2 heterocycles. The summed E-state index contributed by atoms with van der Waals surface area (Å²) < 4.78 is 27.1. The minimum absolute atomic E-state index is 0. The van der Waals surface area contributed by atoms with Crippen LogP contribution in [-0.2, 0) is 0 Å². The Hall–Kier alpha value is -1.01. The Balaban J connectivity index is 0.00000161. The molecule has 1 N–H and O–H groups in total. The lowest BCUT2D eigenvalue weighted by Crippen LogP contribution is -2.45. The number of halogens is 3. The average molecular weight is 331 g/mol. The smallest absolute Gasteiger partial charge is 0.126 e. The van der Waals surface area contributed by atoms with Gasteiger partial charge in [-0.05, 0) is 40.1 Å². The molecule has 0 bridgehead atoms. The van der Waals surface area contributed by atoms with Crippen LogP contribution in [0.25, 0.3) is 0 Å². The van der Waals surface area contributed by atoms with Crippen LogP contribution in [0.15, 0.2) is 35.0 Å². The number of nitrogens with one attached hydrogen (secondary N) is 1. The van der Waals surface area contributed by atoms with Gasteiger partial charge >= 0.3 is 0 Å². The van der Waals surface area contributed by atoms with Crippen LogP contribution in [0, 0.1) is 11.6 Å². The number of thiophene rings is 1. The highest BCUT2D eigenvalue weighted by Crippen LogP contribution is 2.31. The van der Waals surface area contributed by atoms with Crippen molar-refractivity contribution in [3.63, 3.8) is 0 Å². The van der Waals surface area contributed by atoms with E-state index in [9.17, 15) is 8.78 Å². The van der Waals surface area contributed by atoms with Crippen LogP contribution in [-0.4, -0.2) is 31.1 Å². The van der Waals surface area contributed by atoms with Crippen LogP contribution in [0.3, 0.4) is 0 Å². The van der Waals surface area contributed by atoms with Gasteiger partial charge < -0.3 is 5.32 Å². The van der Waals surface area contributed by atoms with Crippen LogP contribution >= 0.6 is 23.7 Å². The van der Waals surface area contributed by atoms with Crippen molar-refractivity contribution in [2.24, 2.45) is 0 Å². The highest BCUT2D eigenvalue weighted by molar-refractivity contribution is 7.08. The normalized spacial score (nSPS) is 17.2. The molecule has 1 fully saturated rings. The summed E-state index contributed by atoms with van der Waals surface area (Å²) >= 11 is 1.61. The molecule has 0 radical (unpaired) electrons. The number of nitrogens with zero attached hydrogens (tertiary/aromatic N) is 1. The second kappa shape index (κ2) is 7.31. The van der Waals surface area contributed by atoms with Gasteiger partial charge in [0.1, 0.15) is 11.6 Å². The first-order valence-electron chi connectivity index (χ1n) is 6.67. The van der Waals surface area contributed by atoms with Gasteiger partial charge in [0.15, 0.2) is 0 Å². The third-order valence-electron chi connectivity index (χ3n) is 3.58. The molecule has 114 valence electrons. The van der Waals surface area contributed by atoms with E-state index in [1.165, 1.54) is 12.1 Å². The number of piperazine rings is 1. The molecule has 2 aromatic rings. The van der Waals surface area contributed by atoms with E-state index in [4.69, 9.17) is 0 Å². The van der Waals surface area contributed by atoms with Crippen molar-refractivity contribution in [1.82, 2.24) is 10.2 Å². The molecule has 1 aliphatic heterocycles. The van der Waals surface area contributed by atoms with Gasteiger partial charge in [0.05, 0.1) is 6.04 Å². The molecule has 1 aliphatic rings. The first-order valence-corrected chi connectivity index (χ1v) is 7.61. The van der Waals surface area contributed by atoms with E-state index in [2.05, 4.69) is 15.6 Å². The van der Waals surface area contributed by atoms with Gasteiger partial charge in [0.25, 0.3) is 0 Å². The molecule has 1 atom stereocenters. The Kier molecular flexibility index (Phi) is 5.70. The molecule has 0 saturated carbocycles. The van der Waals surface area contributed by atoms with Crippen LogP contribution < -0.4 is 5.32 Å². The molecule has 21 heavy (non-hydrogen) atoms. The molecule has 2 nitrogen and oxygen atoms in total. The molecule has 0 amide bonds. The summed E-state index contributed by atoms with van der Waals surface area (Å²) in [6.07, 6.45) is 0. The second-order valence-corrected chi connectivity index (χ2v) is 5.73. The lowest BCUT2D eigenvalue weighted by Gasteiger charge is -2.35. The second-order valence-electron chi connectivity index (χ2n) is 4.95. The topological polar surface area (TPSA) is 15.3 Å². The van der Waals surface area contributed by atoms with Crippen molar-refractivity contribution in [3.8, 4) is 0 Å². The molecular weight excluding hydrogens is 314 g/mol. The zero-order valence-corrected chi connectivity index (χ0v) is 13.0. The van der Waals surface area contributed by atoms with Crippen molar-refractivity contribution >= 4 is 23.7 Å². The zero-order chi connectivity index (χ0) is 13.9. The Morgan fingerprint density at radius 1 is 1.05 bits per heavy atom. The summed E-state index contributed by atoms with van der Waals surface area (Å²) in [5.74, 6) is -1.04. The predicted octanol–water partition coefficient (Wildman–Crippen LogP) is 3.44. The van der Waals surface area contributed by atoms with E-state index in [0.717, 1.165) is 37.8 Å². The summed E-state index contributed by atoms with van der Waals surface area (Å²) in [6.45, 7) is 3.55. The number of hydrogen-bond acceptors (Lipinski definition) is 3. The van der Waals surface area contributed by atoms with Gasteiger partial charge in [0.2, 0.25) is 0 Å². The zero-order valence-electron chi connectivity index (χ0n) is 11.4. The Labute approximate surface area is 133 Å². The van der Waals surface area contributed by atoms with Gasteiger partial charge in [-0.3, -0.25) is 4.90 Å². The van der Waals surface area contributed by atoms with Crippen molar-refractivity contribution < 1.29 is 8.78 Å². The highest BCUT2D eigenvalue weighted by Gasteiger charge is 2.25. The average Bonchev–Trinajstić information content (AvgIpc) is 2.93. The maximum absolute atomic E-state index is 13.5. The van der Waals surface area contributed by atoms with Gasteiger partial charge in [0, 0.05) is 32.2 Å². The van der Waals surface area contributed by atoms with Gasteiger partial charge in [-0.15, -0.1) is 12.4 Å². The summed E-state index contributed by atoms with van der Waals surface area (Å²) in [5, 5.41) is 7.35. The Morgan fingerprint density at radius 2 is 1.71 bits per heavy atom. The molecule has 6 heteroatoms. The lowest BCUT2D eigenvalue weighted by atomic mass is 9.98.